The van der Waals surface area contributed by atoms with Gasteiger partial charge < -0.3 is 14.8 Å². The molecule has 4 heteroatoms. The second kappa shape index (κ2) is 8.83. The van der Waals surface area contributed by atoms with Gasteiger partial charge in [0.25, 0.3) is 5.91 Å². The Morgan fingerprint density at radius 3 is 2.52 bits per heavy atom. The highest BCUT2D eigenvalue weighted by Gasteiger charge is 2.05. The molecule has 23 heavy (non-hydrogen) atoms. The van der Waals surface area contributed by atoms with Gasteiger partial charge in [0, 0.05) is 0 Å². The molecular formula is C19H23NO3. The molecule has 0 bridgehead atoms. The fourth-order valence-electron chi connectivity index (χ4n) is 2.12. The lowest BCUT2D eigenvalue weighted by atomic mass is 10.1. The van der Waals surface area contributed by atoms with Gasteiger partial charge in [0.05, 0.1) is 6.54 Å². The summed E-state index contributed by atoms with van der Waals surface area (Å²) < 4.78 is 11.1. The lowest BCUT2D eigenvalue weighted by Gasteiger charge is -2.11. The topological polar surface area (TPSA) is 47.6 Å². The number of nitrogens with one attached hydrogen (secondary N) is 1. The van der Waals surface area contributed by atoms with E-state index in [-0.39, 0.29) is 12.5 Å². The minimum Gasteiger partial charge on any atom is -0.492 e. The summed E-state index contributed by atoms with van der Waals surface area (Å²) in [4.78, 5) is 11.8. The zero-order valence-corrected chi connectivity index (χ0v) is 13.7. The lowest BCUT2D eigenvalue weighted by molar-refractivity contribution is -0.123. The first-order chi connectivity index (χ1) is 11.2. The van der Waals surface area contributed by atoms with E-state index in [9.17, 15) is 4.79 Å². The Morgan fingerprint density at radius 2 is 1.78 bits per heavy atom. The van der Waals surface area contributed by atoms with Crippen LogP contribution in [0.15, 0.2) is 48.5 Å². The molecule has 0 heterocycles. The molecule has 0 saturated heterocycles. The number of hydrogen-bond acceptors (Lipinski definition) is 3. The summed E-state index contributed by atoms with van der Waals surface area (Å²) in [7, 11) is 0. The predicted octanol–water partition coefficient (Wildman–Crippen LogP) is 3.13. The van der Waals surface area contributed by atoms with Gasteiger partial charge in [-0.3, -0.25) is 4.79 Å². The van der Waals surface area contributed by atoms with Crippen molar-refractivity contribution in [3.8, 4) is 11.5 Å². The minimum absolute atomic E-state index is 0.0154. The Bertz CT molecular complexity index is 623. The molecule has 0 aliphatic carbocycles. The molecule has 0 radical (unpaired) electrons. The van der Waals surface area contributed by atoms with Crippen molar-refractivity contribution in [3.05, 3.63) is 59.7 Å². The highest BCUT2D eigenvalue weighted by atomic mass is 16.5. The van der Waals surface area contributed by atoms with Gasteiger partial charge in [-0.25, -0.2) is 0 Å². The van der Waals surface area contributed by atoms with Crippen molar-refractivity contribution in [3.63, 3.8) is 0 Å². The lowest BCUT2D eigenvalue weighted by Crippen LogP contribution is -2.32. The van der Waals surface area contributed by atoms with E-state index in [0.717, 1.165) is 23.5 Å². The fraction of sp³-hybridized carbons (Fsp3) is 0.316. The van der Waals surface area contributed by atoms with Crippen LogP contribution >= 0.6 is 0 Å². The van der Waals surface area contributed by atoms with Crippen LogP contribution in [0.25, 0.3) is 0 Å². The van der Waals surface area contributed by atoms with Gasteiger partial charge in [0.15, 0.2) is 6.61 Å². The van der Waals surface area contributed by atoms with Crippen LogP contribution in [0.5, 0.6) is 11.5 Å². The zero-order valence-electron chi connectivity index (χ0n) is 13.7. The summed E-state index contributed by atoms with van der Waals surface area (Å²) in [6, 6.07) is 15.6. The number of rotatable bonds is 8. The number of benzene rings is 2. The summed E-state index contributed by atoms with van der Waals surface area (Å²) in [5, 5.41) is 2.78. The Hall–Kier alpha value is -2.49. The van der Waals surface area contributed by atoms with Crippen molar-refractivity contribution in [2.75, 3.05) is 19.8 Å². The molecule has 0 saturated carbocycles. The highest BCUT2D eigenvalue weighted by Crippen LogP contribution is 2.17. The van der Waals surface area contributed by atoms with Crippen molar-refractivity contribution < 1.29 is 14.3 Å². The third kappa shape index (κ3) is 5.66. The van der Waals surface area contributed by atoms with Gasteiger partial charge >= 0.3 is 0 Å². The van der Waals surface area contributed by atoms with E-state index in [2.05, 4.69) is 12.2 Å². The second-order valence-corrected chi connectivity index (χ2v) is 5.26. The van der Waals surface area contributed by atoms with Crippen LogP contribution in [0.2, 0.25) is 0 Å². The zero-order chi connectivity index (χ0) is 16.5. The van der Waals surface area contributed by atoms with Crippen LogP contribution in [0, 0.1) is 6.92 Å². The van der Waals surface area contributed by atoms with Gasteiger partial charge in [0.2, 0.25) is 0 Å². The van der Waals surface area contributed by atoms with E-state index < -0.39 is 0 Å². The summed E-state index contributed by atoms with van der Waals surface area (Å²) in [5.41, 5.74) is 2.29. The largest absolute Gasteiger partial charge is 0.492 e. The van der Waals surface area contributed by atoms with Crippen LogP contribution in [0.4, 0.5) is 0 Å². The average Bonchev–Trinajstić information content (AvgIpc) is 2.58. The average molecular weight is 313 g/mol. The van der Waals surface area contributed by atoms with Crippen molar-refractivity contribution in [2.45, 2.75) is 20.3 Å². The van der Waals surface area contributed by atoms with Crippen LogP contribution in [-0.4, -0.2) is 25.7 Å². The SMILES string of the molecule is CCc1ccccc1OCC(=O)NCCOc1ccc(C)cc1. The van der Waals surface area contributed by atoms with Crippen LogP contribution < -0.4 is 14.8 Å². The molecule has 0 fully saturated rings. The van der Waals surface area contributed by atoms with Crippen molar-refractivity contribution in [2.24, 2.45) is 0 Å². The molecule has 0 spiro atoms. The minimum atomic E-state index is -0.150. The fourth-order valence-corrected chi connectivity index (χ4v) is 2.12. The Morgan fingerprint density at radius 1 is 1.04 bits per heavy atom. The monoisotopic (exact) mass is 313 g/mol. The molecule has 2 aromatic rings. The maximum absolute atomic E-state index is 11.8. The number of carbonyl (C=O) groups excluding carboxylic acids is 1. The smallest absolute Gasteiger partial charge is 0.258 e. The normalized spacial score (nSPS) is 10.2. The molecule has 0 aliphatic heterocycles. The first-order valence-corrected chi connectivity index (χ1v) is 7.86. The molecule has 2 aromatic carbocycles. The molecule has 1 N–H and O–H groups in total. The molecule has 2 rings (SSSR count). The first kappa shape index (κ1) is 16.9. The van der Waals surface area contributed by atoms with E-state index in [0.29, 0.717) is 13.2 Å². The molecule has 0 aromatic heterocycles. The van der Waals surface area contributed by atoms with E-state index >= 15 is 0 Å². The second-order valence-electron chi connectivity index (χ2n) is 5.26. The standard InChI is InChI=1S/C19H23NO3/c1-3-16-6-4-5-7-18(16)23-14-19(21)20-12-13-22-17-10-8-15(2)9-11-17/h4-11H,3,12-14H2,1-2H3,(H,20,21). The van der Waals surface area contributed by atoms with Gasteiger partial charge in [-0.15, -0.1) is 0 Å². The van der Waals surface area contributed by atoms with E-state index in [1.165, 1.54) is 5.56 Å². The number of carbonyl (C=O) groups is 1. The van der Waals surface area contributed by atoms with Gasteiger partial charge in [0.1, 0.15) is 18.1 Å². The van der Waals surface area contributed by atoms with E-state index in [1.807, 2.05) is 55.5 Å². The molecule has 122 valence electrons. The predicted molar refractivity (Wildman–Crippen MR) is 91.0 cm³/mol. The maximum Gasteiger partial charge on any atom is 0.258 e. The van der Waals surface area contributed by atoms with Gasteiger partial charge in [-0.1, -0.05) is 42.8 Å². The van der Waals surface area contributed by atoms with Crippen LogP contribution in [-0.2, 0) is 11.2 Å². The number of amides is 1. The van der Waals surface area contributed by atoms with Gasteiger partial charge in [-0.05, 0) is 37.1 Å². The van der Waals surface area contributed by atoms with Crippen molar-refractivity contribution >= 4 is 5.91 Å². The number of aryl methyl sites for hydroxylation is 2. The van der Waals surface area contributed by atoms with Crippen molar-refractivity contribution in [1.29, 1.82) is 0 Å². The van der Waals surface area contributed by atoms with E-state index in [4.69, 9.17) is 9.47 Å². The quantitative estimate of drug-likeness (QED) is 0.762. The summed E-state index contributed by atoms with van der Waals surface area (Å²) in [6.45, 7) is 4.98. The molecular weight excluding hydrogens is 290 g/mol. The first-order valence-electron chi connectivity index (χ1n) is 7.86. The van der Waals surface area contributed by atoms with Gasteiger partial charge in [-0.2, -0.15) is 0 Å². The summed E-state index contributed by atoms with van der Waals surface area (Å²) in [5.74, 6) is 1.42. The molecule has 4 nitrogen and oxygen atoms in total. The Labute approximate surface area is 137 Å². The summed E-state index contributed by atoms with van der Waals surface area (Å²) >= 11 is 0. The maximum atomic E-state index is 11.8. The van der Waals surface area contributed by atoms with E-state index in [1.54, 1.807) is 0 Å². The third-order valence-electron chi connectivity index (χ3n) is 3.43. The van der Waals surface area contributed by atoms with Crippen LogP contribution in [0.1, 0.15) is 18.1 Å². The third-order valence-corrected chi connectivity index (χ3v) is 3.43. The molecule has 0 unspecified atom stereocenters. The molecule has 0 aliphatic rings. The number of ether oxygens (including phenoxy) is 2. The summed E-state index contributed by atoms with van der Waals surface area (Å²) in [6.07, 6.45) is 0.877. The van der Waals surface area contributed by atoms with Crippen molar-refractivity contribution in [1.82, 2.24) is 5.32 Å². The Balaban J connectivity index is 1.66. The molecule has 1 amide bonds. The highest BCUT2D eigenvalue weighted by molar-refractivity contribution is 5.77. The van der Waals surface area contributed by atoms with Crippen LogP contribution in [0.3, 0.4) is 0 Å². The molecule has 0 atom stereocenters. The number of hydrogen-bond donors (Lipinski definition) is 1. The Kier molecular flexibility index (Phi) is 6.48. The number of para-hydroxylation sites is 1.